The number of para-hydroxylation sites is 1. The van der Waals surface area contributed by atoms with Crippen molar-refractivity contribution < 1.29 is 9.53 Å². The molecular weight excluding hydrogens is 344 g/mol. The Hall–Kier alpha value is -2.66. The van der Waals surface area contributed by atoms with E-state index in [0.717, 1.165) is 22.9 Å². The molecule has 0 atom stereocenters. The van der Waals surface area contributed by atoms with E-state index in [9.17, 15) is 4.79 Å². The van der Waals surface area contributed by atoms with Gasteiger partial charge in [0.25, 0.3) is 0 Å². The fraction of sp³-hybridized carbons (Fsp3) is 0.238. The van der Waals surface area contributed by atoms with Crippen LogP contribution >= 0.6 is 11.3 Å². The number of ether oxygens (including phenoxy) is 1. The Kier molecular flexibility index (Phi) is 6.39. The highest BCUT2D eigenvalue weighted by atomic mass is 32.1. The first-order valence-electron chi connectivity index (χ1n) is 8.64. The van der Waals surface area contributed by atoms with Crippen molar-refractivity contribution in [3.05, 3.63) is 81.8 Å². The molecule has 0 saturated carbocycles. The van der Waals surface area contributed by atoms with Crippen molar-refractivity contribution in [1.29, 1.82) is 0 Å². The van der Waals surface area contributed by atoms with Crippen LogP contribution in [0.25, 0.3) is 0 Å². The number of thiazole rings is 1. The number of benzene rings is 2. The maximum Gasteiger partial charge on any atom is 0.223 e. The number of hydrogen-bond acceptors (Lipinski definition) is 4. The van der Waals surface area contributed by atoms with E-state index < -0.39 is 0 Å². The smallest absolute Gasteiger partial charge is 0.223 e. The van der Waals surface area contributed by atoms with E-state index in [0.29, 0.717) is 19.6 Å². The van der Waals surface area contributed by atoms with E-state index in [1.54, 1.807) is 11.3 Å². The summed E-state index contributed by atoms with van der Waals surface area (Å²) in [6, 6.07) is 19.9. The normalized spacial score (nSPS) is 10.5. The van der Waals surface area contributed by atoms with Gasteiger partial charge in [-0.15, -0.1) is 11.3 Å². The van der Waals surface area contributed by atoms with E-state index in [-0.39, 0.29) is 5.91 Å². The number of hydrogen-bond donors (Lipinski definition) is 1. The second kappa shape index (κ2) is 9.15. The minimum Gasteiger partial charge on any atom is -0.493 e. The highest BCUT2D eigenvalue weighted by Crippen LogP contribution is 2.21. The summed E-state index contributed by atoms with van der Waals surface area (Å²) in [7, 11) is 0. The predicted molar refractivity (Wildman–Crippen MR) is 104 cm³/mol. The highest BCUT2D eigenvalue weighted by Gasteiger charge is 2.10. The summed E-state index contributed by atoms with van der Waals surface area (Å²) in [4.78, 5) is 17.8. The van der Waals surface area contributed by atoms with E-state index in [1.165, 1.54) is 10.4 Å². The van der Waals surface area contributed by atoms with Crippen LogP contribution in [0.4, 0.5) is 0 Å². The molecule has 0 aliphatic rings. The SMILES string of the molecule is Cc1nc(CNC(=O)CCOc2ccccc2)sc1Cc1ccccc1. The zero-order chi connectivity index (χ0) is 18.2. The lowest BCUT2D eigenvalue weighted by Gasteiger charge is -2.06. The van der Waals surface area contributed by atoms with Crippen LogP contribution < -0.4 is 10.1 Å². The maximum absolute atomic E-state index is 12.0. The molecule has 0 aliphatic carbocycles. The van der Waals surface area contributed by atoms with Crippen LogP contribution in [0.5, 0.6) is 5.75 Å². The van der Waals surface area contributed by atoms with Crippen LogP contribution in [0, 0.1) is 6.92 Å². The first-order valence-corrected chi connectivity index (χ1v) is 9.46. The molecule has 0 saturated heterocycles. The van der Waals surface area contributed by atoms with Crippen molar-refractivity contribution >= 4 is 17.2 Å². The van der Waals surface area contributed by atoms with E-state index in [4.69, 9.17) is 4.74 Å². The third kappa shape index (κ3) is 5.43. The zero-order valence-corrected chi connectivity index (χ0v) is 15.6. The van der Waals surface area contributed by atoms with Crippen molar-refractivity contribution in [2.24, 2.45) is 0 Å². The molecule has 1 N–H and O–H groups in total. The number of nitrogens with one attached hydrogen (secondary N) is 1. The molecule has 0 aliphatic heterocycles. The van der Waals surface area contributed by atoms with Crippen LogP contribution in [0.3, 0.4) is 0 Å². The van der Waals surface area contributed by atoms with Gasteiger partial charge in [-0.25, -0.2) is 4.98 Å². The van der Waals surface area contributed by atoms with Crippen molar-refractivity contribution in [3.63, 3.8) is 0 Å². The Labute approximate surface area is 157 Å². The Morgan fingerprint density at radius 1 is 1.08 bits per heavy atom. The summed E-state index contributed by atoms with van der Waals surface area (Å²) in [6.45, 7) is 2.85. The lowest BCUT2D eigenvalue weighted by molar-refractivity contribution is -0.121. The van der Waals surface area contributed by atoms with E-state index >= 15 is 0 Å². The molecule has 5 heteroatoms. The van der Waals surface area contributed by atoms with Crippen LogP contribution in [-0.2, 0) is 17.8 Å². The summed E-state index contributed by atoms with van der Waals surface area (Å²) in [5.41, 5.74) is 2.31. The summed E-state index contributed by atoms with van der Waals surface area (Å²) in [6.07, 6.45) is 1.21. The van der Waals surface area contributed by atoms with E-state index in [2.05, 4.69) is 22.4 Å². The average Bonchev–Trinajstić information content (AvgIpc) is 3.01. The monoisotopic (exact) mass is 366 g/mol. The molecule has 1 amide bonds. The second-order valence-corrected chi connectivity index (χ2v) is 7.13. The number of amides is 1. The Balaban J connectivity index is 1.44. The molecular formula is C21H22N2O2S. The quantitative estimate of drug-likeness (QED) is 0.652. The van der Waals surface area contributed by atoms with Crippen LogP contribution in [0.1, 0.15) is 27.6 Å². The van der Waals surface area contributed by atoms with Gasteiger partial charge in [0.2, 0.25) is 5.91 Å². The summed E-state index contributed by atoms with van der Waals surface area (Å²) < 4.78 is 5.54. The summed E-state index contributed by atoms with van der Waals surface area (Å²) in [5.74, 6) is 0.750. The van der Waals surface area contributed by atoms with Crippen LogP contribution in [-0.4, -0.2) is 17.5 Å². The molecule has 3 aromatic rings. The van der Waals surface area contributed by atoms with Crippen molar-refractivity contribution in [1.82, 2.24) is 10.3 Å². The summed E-state index contributed by atoms with van der Waals surface area (Å²) >= 11 is 1.66. The highest BCUT2D eigenvalue weighted by molar-refractivity contribution is 7.11. The van der Waals surface area contributed by atoms with Crippen molar-refractivity contribution in [2.45, 2.75) is 26.3 Å². The summed E-state index contributed by atoms with van der Waals surface area (Å²) in [5, 5.41) is 3.85. The average molecular weight is 366 g/mol. The Morgan fingerprint density at radius 3 is 2.50 bits per heavy atom. The van der Waals surface area contributed by atoms with Gasteiger partial charge in [0.1, 0.15) is 10.8 Å². The molecule has 26 heavy (non-hydrogen) atoms. The molecule has 3 rings (SSSR count). The molecule has 0 radical (unpaired) electrons. The third-order valence-electron chi connectivity index (χ3n) is 3.92. The zero-order valence-electron chi connectivity index (χ0n) is 14.8. The van der Waals surface area contributed by atoms with Crippen LogP contribution in [0.15, 0.2) is 60.7 Å². The number of carbonyl (C=O) groups is 1. The molecule has 1 heterocycles. The van der Waals surface area contributed by atoms with Crippen LogP contribution in [0.2, 0.25) is 0 Å². The van der Waals surface area contributed by atoms with Crippen molar-refractivity contribution in [3.8, 4) is 5.75 Å². The molecule has 0 fully saturated rings. The predicted octanol–water partition coefficient (Wildman–Crippen LogP) is 4.13. The lowest BCUT2D eigenvalue weighted by Crippen LogP contribution is -2.24. The van der Waals surface area contributed by atoms with Gasteiger partial charge in [-0.3, -0.25) is 4.79 Å². The Morgan fingerprint density at radius 2 is 1.77 bits per heavy atom. The Bertz CT molecular complexity index is 832. The van der Waals surface area contributed by atoms with E-state index in [1.807, 2.05) is 55.5 Å². The molecule has 2 aromatic carbocycles. The molecule has 0 spiro atoms. The molecule has 4 nitrogen and oxygen atoms in total. The van der Waals surface area contributed by atoms with Gasteiger partial charge in [0, 0.05) is 11.3 Å². The second-order valence-electron chi connectivity index (χ2n) is 5.97. The number of rotatable bonds is 8. The minimum atomic E-state index is -0.0293. The number of aromatic nitrogens is 1. The standard InChI is InChI=1S/C21H22N2O2S/c1-16-19(14-17-8-4-2-5-9-17)26-21(23-16)15-22-20(24)12-13-25-18-10-6-3-7-11-18/h2-11H,12-15H2,1H3,(H,22,24). The van der Waals surface area contributed by atoms with Gasteiger partial charge >= 0.3 is 0 Å². The fourth-order valence-corrected chi connectivity index (χ4v) is 3.59. The topological polar surface area (TPSA) is 51.2 Å². The first-order chi connectivity index (χ1) is 12.7. The number of carbonyl (C=O) groups excluding carboxylic acids is 1. The van der Waals surface area contributed by atoms with Gasteiger partial charge < -0.3 is 10.1 Å². The molecule has 0 bridgehead atoms. The van der Waals surface area contributed by atoms with Gasteiger partial charge in [-0.2, -0.15) is 0 Å². The largest absolute Gasteiger partial charge is 0.493 e. The molecule has 1 aromatic heterocycles. The number of aryl methyl sites for hydroxylation is 1. The molecule has 134 valence electrons. The van der Waals surface area contributed by atoms with Gasteiger partial charge in [0.05, 0.1) is 25.3 Å². The first kappa shape index (κ1) is 18.1. The number of nitrogens with zero attached hydrogens (tertiary/aromatic N) is 1. The minimum absolute atomic E-state index is 0.0293. The molecule has 0 unspecified atom stereocenters. The van der Waals surface area contributed by atoms with Gasteiger partial charge in [-0.05, 0) is 24.6 Å². The third-order valence-corrected chi connectivity index (χ3v) is 5.08. The lowest BCUT2D eigenvalue weighted by atomic mass is 10.1. The maximum atomic E-state index is 12.0. The fourth-order valence-electron chi connectivity index (χ4n) is 2.55. The van der Waals surface area contributed by atoms with Gasteiger partial charge in [-0.1, -0.05) is 48.5 Å². The van der Waals surface area contributed by atoms with Gasteiger partial charge in [0.15, 0.2) is 0 Å². The van der Waals surface area contributed by atoms with Crippen molar-refractivity contribution in [2.75, 3.05) is 6.61 Å².